The highest BCUT2D eigenvalue weighted by Crippen LogP contribution is 2.26. The van der Waals surface area contributed by atoms with Crippen molar-refractivity contribution in [2.45, 2.75) is 6.54 Å². The molecule has 0 fully saturated rings. The molecule has 0 saturated carbocycles. The molecule has 0 spiro atoms. The zero-order chi connectivity index (χ0) is 21.4. The number of pyridine rings is 1. The lowest BCUT2D eigenvalue weighted by Gasteiger charge is -2.24. The maximum Gasteiger partial charge on any atom is 0.276 e. The Morgan fingerprint density at radius 3 is 2.70 bits per heavy atom. The van der Waals surface area contributed by atoms with Crippen molar-refractivity contribution in [1.82, 2.24) is 14.8 Å². The number of H-pyrrole nitrogens is 1. The number of fused-ring (bicyclic) bond motifs is 1. The molecule has 0 aliphatic heterocycles. The summed E-state index contributed by atoms with van der Waals surface area (Å²) in [7, 11) is 1.63. The molecule has 0 atom stereocenters. The van der Waals surface area contributed by atoms with Gasteiger partial charge in [0.1, 0.15) is 5.69 Å². The molecule has 2 aromatic carbocycles. The van der Waals surface area contributed by atoms with Gasteiger partial charge in [0.2, 0.25) is 5.56 Å². The summed E-state index contributed by atoms with van der Waals surface area (Å²) < 4.78 is 29.3. The quantitative estimate of drug-likeness (QED) is 0.533. The van der Waals surface area contributed by atoms with Crippen LogP contribution in [-0.2, 0) is 13.6 Å². The molecule has 0 saturated heterocycles. The Labute approximate surface area is 174 Å². The SMILES string of the molecule is Cn1nccc1C(=O)N(Cc1cc(=O)[nH]c2c(F)c(F)ccc12)c1cccc(Cl)c1. The molecule has 0 radical (unpaired) electrons. The average Bonchev–Trinajstić information content (AvgIpc) is 3.14. The van der Waals surface area contributed by atoms with Gasteiger partial charge < -0.3 is 9.88 Å². The van der Waals surface area contributed by atoms with Crippen molar-refractivity contribution >= 4 is 34.1 Å². The molecule has 1 amide bonds. The number of anilines is 1. The van der Waals surface area contributed by atoms with Crippen LogP contribution in [0.1, 0.15) is 16.1 Å². The van der Waals surface area contributed by atoms with Crippen molar-refractivity contribution in [2.75, 3.05) is 4.90 Å². The second-order valence-electron chi connectivity index (χ2n) is 6.65. The molecule has 0 aliphatic carbocycles. The Balaban J connectivity index is 1.87. The summed E-state index contributed by atoms with van der Waals surface area (Å²) in [6.45, 7) is -0.0736. The summed E-state index contributed by atoms with van der Waals surface area (Å²) in [6.07, 6.45) is 1.49. The van der Waals surface area contributed by atoms with Crippen LogP contribution in [0.5, 0.6) is 0 Å². The van der Waals surface area contributed by atoms with Gasteiger partial charge in [-0.1, -0.05) is 17.7 Å². The number of aromatic amines is 1. The van der Waals surface area contributed by atoms with Crippen LogP contribution in [0.2, 0.25) is 5.02 Å². The minimum atomic E-state index is -1.15. The molecule has 0 bridgehead atoms. The van der Waals surface area contributed by atoms with Gasteiger partial charge in [0.15, 0.2) is 11.6 Å². The van der Waals surface area contributed by atoms with E-state index in [4.69, 9.17) is 11.6 Å². The minimum absolute atomic E-state index is 0.0736. The monoisotopic (exact) mass is 428 g/mol. The van der Waals surface area contributed by atoms with E-state index in [0.29, 0.717) is 27.4 Å². The van der Waals surface area contributed by atoms with E-state index in [0.717, 1.165) is 6.07 Å². The van der Waals surface area contributed by atoms with E-state index < -0.39 is 23.1 Å². The lowest BCUT2D eigenvalue weighted by Crippen LogP contribution is -2.32. The number of hydrogen-bond acceptors (Lipinski definition) is 3. The van der Waals surface area contributed by atoms with E-state index in [2.05, 4.69) is 10.1 Å². The summed E-state index contributed by atoms with van der Waals surface area (Å²) in [5, 5.41) is 4.73. The Morgan fingerprint density at radius 2 is 2.00 bits per heavy atom. The topological polar surface area (TPSA) is 71.0 Å². The normalized spacial score (nSPS) is 11.1. The number of aryl methyl sites for hydroxylation is 1. The Morgan fingerprint density at radius 1 is 1.20 bits per heavy atom. The van der Waals surface area contributed by atoms with Crippen LogP contribution < -0.4 is 10.5 Å². The average molecular weight is 429 g/mol. The van der Waals surface area contributed by atoms with Gasteiger partial charge in [0.05, 0.1) is 12.1 Å². The predicted molar refractivity (Wildman–Crippen MR) is 110 cm³/mol. The molecule has 4 aromatic rings. The first-order valence-electron chi connectivity index (χ1n) is 8.90. The third-order valence-electron chi connectivity index (χ3n) is 4.73. The van der Waals surface area contributed by atoms with Crippen LogP contribution >= 0.6 is 11.6 Å². The second-order valence-corrected chi connectivity index (χ2v) is 7.09. The molecule has 4 rings (SSSR count). The summed E-state index contributed by atoms with van der Waals surface area (Å²) in [5.41, 5.74) is 0.270. The van der Waals surface area contributed by atoms with E-state index in [1.807, 2.05) is 0 Å². The number of carbonyl (C=O) groups excluding carboxylic acids is 1. The van der Waals surface area contributed by atoms with Crippen LogP contribution in [0.3, 0.4) is 0 Å². The fourth-order valence-corrected chi connectivity index (χ4v) is 3.47. The predicted octanol–water partition coefficient (Wildman–Crippen LogP) is 4.04. The zero-order valence-corrected chi connectivity index (χ0v) is 16.5. The molecule has 0 aliphatic rings. The number of rotatable bonds is 4. The van der Waals surface area contributed by atoms with E-state index in [1.165, 1.54) is 27.9 Å². The zero-order valence-electron chi connectivity index (χ0n) is 15.7. The Hall–Kier alpha value is -3.52. The van der Waals surface area contributed by atoms with Gasteiger partial charge in [-0.05, 0) is 42.0 Å². The van der Waals surface area contributed by atoms with Gasteiger partial charge in [-0.25, -0.2) is 8.78 Å². The van der Waals surface area contributed by atoms with Crippen molar-refractivity contribution in [2.24, 2.45) is 7.05 Å². The van der Waals surface area contributed by atoms with Crippen LogP contribution in [-0.4, -0.2) is 20.7 Å². The molecule has 1 N–H and O–H groups in total. The first-order chi connectivity index (χ1) is 14.3. The van der Waals surface area contributed by atoms with Crippen LogP contribution in [0.15, 0.2) is 59.5 Å². The van der Waals surface area contributed by atoms with Gasteiger partial charge >= 0.3 is 0 Å². The van der Waals surface area contributed by atoms with Crippen molar-refractivity contribution in [3.63, 3.8) is 0 Å². The molecule has 152 valence electrons. The minimum Gasteiger partial charge on any atom is -0.319 e. The number of nitrogens with one attached hydrogen (secondary N) is 1. The molecule has 6 nitrogen and oxygen atoms in total. The van der Waals surface area contributed by atoms with E-state index in [-0.39, 0.29) is 12.1 Å². The lowest BCUT2D eigenvalue weighted by molar-refractivity contribution is 0.0976. The molecular formula is C21H15ClF2N4O2. The number of carbonyl (C=O) groups is 1. The standard InChI is InChI=1S/C21H15ClF2N4O2/c1-27-17(7-8-25-27)21(30)28(14-4-2-3-13(22)10-14)11-12-9-18(29)26-20-15(12)5-6-16(23)19(20)24/h2-10H,11H2,1H3,(H,26,29). The summed E-state index contributed by atoms with van der Waals surface area (Å²) in [4.78, 5) is 29.1. The Bertz CT molecular complexity index is 1330. The van der Waals surface area contributed by atoms with Crippen molar-refractivity contribution < 1.29 is 13.6 Å². The summed E-state index contributed by atoms with van der Waals surface area (Å²) >= 11 is 6.11. The highest BCUT2D eigenvalue weighted by Gasteiger charge is 2.23. The molecule has 2 heterocycles. The highest BCUT2D eigenvalue weighted by atomic mass is 35.5. The number of halogens is 3. The molecule has 30 heavy (non-hydrogen) atoms. The number of aromatic nitrogens is 3. The third kappa shape index (κ3) is 3.57. The fourth-order valence-electron chi connectivity index (χ4n) is 3.28. The molecule has 2 aromatic heterocycles. The van der Waals surface area contributed by atoms with Gasteiger partial charge in [0, 0.05) is 35.4 Å². The van der Waals surface area contributed by atoms with Crippen molar-refractivity contribution in [3.05, 3.63) is 93.0 Å². The first kappa shape index (κ1) is 19.8. The van der Waals surface area contributed by atoms with Gasteiger partial charge in [0.25, 0.3) is 5.91 Å². The fraction of sp³-hybridized carbons (Fsp3) is 0.0952. The van der Waals surface area contributed by atoms with E-state index in [1.54, 1.807) is 37.4 Å². The lowest BCUT2D eigenvalue weighted by atomic mass is 10.1. The van der Waals surface area contributed by atoms with Gasteiger partial charge in [-0.3, -0.25) is 14.3 Å². The highest BCUT2D eigenvalue weighted by molar-refractivity contribution is 6.31. The van der Waals surface area contributed by atoms with E-state index >= 15 is 0 Å². The molecular weight excluding hydrogens is 414 g/mol. The van der Waals surface area contributed by atoms with Crippen molar-refractivity contribution in [3.8, 4) is 0 Å². The van der Waals surface area contributed by atoms with Crippen LogP contribution in [0, 0.1) is 11.6 Å². The number of benzene rings is 2. The maximum atomic E-state index is 14.3. The summed E-state index contributed by atoms with van der Waals surface area (Å²) in [6, 6.07) is 11.8. The first-order valence-corrected chi connectivity index (χ1v) is 9.28. The third-order valence-corrected chi connectivity index (χ3v) is 4.96. The van der Waals surface area contributed by atoms with E-state index in [9.17, 15) is 18.4 Å². The maximum absolute atomic E-state index is 14.3. The van der Waals surface area contributed by atoms with Gasteiger partial charge in [-0.2, -0.15) is 5.10 Å². The molecule has 9 heteroatoms. The number of nitrogens with zero attached hydrogens (tertiary/aromatic N) is 3. The smallest absolute Gasteiger partial charge is 0.276 e. The van der Waals surface area contributed by atoms with Crippen LogP contribution in [0.25, 0.3) is 10.9 Å². The summed E-state index contributed by atoms with van der Waals surface area (Å²) in [5.74, 6) is -2.63. The Kier molecular flexibility index (Phi) is 5.09. The van der Waals surface area contributed by atoms with Crippen molar-refractivity contribution in [1.29, 1.82) is 0 Å². The molecule has 0 unspecified atom stereocenters. The second kappa shape index (κ2) is 7.72. The number of hydrogen-bond donors (Lipinski definition) is 1. The number of amides is 1. The van der Waals surface area contributed by atoms with Crippen LogP contribution in [0.4, 0.5) is 14.5 Å². The van der Waals surface area contributed by atoms with Gasteiger partial charge in [-0.15, -0.1) is 0 Å². The largest absolute Gasteiger partial charge is 0.319 e.